The summed E-state index contributed by atoms with van der Waals surface area (Å²) in [4.78, 5) is 16.5. The topological polar surface area (TPSA) is 59.8 Å². The van der Waals surface area contributed by atoms with E-state index in [1.165, 1.54) is 0 Å². The van der Waals surface area contributed by atoms with E-state index in [2.05, 4.69) is 27.5 Å². The van der Waals surface area contributed by atoms with E-state index < -0.39 is 0 Å². The summed E-state index contributed by atoms with van der Waals surface area (Å²) in [5.41, 5.74) is 5.68. The molecule has 2 aromatic carbocycles. The van der Waals surface area contributed by atoms with Crippen LogP contribution in [0.4, 0.5) is 0 Å². The first kappa shape index (κ1) is 17.7. The van der Waals surface area contributed by atoms with Gasteiger partial charge < -0.3 is 5.32 Å². The van der Waals surface area contributed by atoms with Crippen LogP contribution in [0.5, 0.6) is 0 Å². The molecule has 0 unspecified atom stereocenters. The van der Waals surface area contributed by atoms with Crippen molar-refractivity contribution in [1.82, 2.24) is 20.1 Å². The van der Waals surface area contributed by atoms with Crippen LogP contribution in [-0.4, -0.2) is 20.7 Å². The first-order valence-electron chi connectivity index (χ1n) is 9.08. The Morgan fingerprint density at radius 1 is 0.893 bits per heavy atom. The SMILES string of the molecule is Cn1nc(CNC(=O)c2ccc(-c3ccccc3)cc2)cc1-c1ccncc1. The second-order valence-electron chi connectivity index (χ2n) is 6.51. The maximum atomic E-state index is 12.5. The maximum Gasteiger partial charge on any atom is 0.251 e. The van der Waals surface area contributed by atoms with Gasteiger partial charge in [0.2, 0.25) is 0 Å². The Morgan fingerprint density at radius 3 is 2.29 bits per heavy atom. The number of nitrogens with one attached hydrogen (secondary N) is 1. The minimum atomic E-state index is -0.115. The number of amides is 1. The van der Waals surface area contributed by atoms with Gasteiger partial charge in [0.05, 0.1) is 17.9 Å². The van der Waals surface area contributed by atoms with E-state index in [1.54, 1.807) is 12.4 Å². The van der Waals surface area contributed by atoms with Crippen molar-refractivity contribution in [3.05, 3.63) is 96.4 Å². The molecule has 28 heavy (non-hydrogen) atoms. The van der Waals surface area contributed by atoms with Crippen LogP contribution in [0.25, 0.3) is 22.4 Å². The predicted molar refractivity (Wildman–Crippen MR) is 109 cm³/mol. The van der Waals surface area contributed by atoms with Crippen molar-refractivity contribution in [2.45, 2.75) is 6.54 Å². The zero-order valence-corrected chi connectivity index (χ0v) is 15.5. The number of benzene rings is 2. The van der Waals surface area contributed by atoms with Gasteiger partial charge in [-0.05, 0) is 41.5 Å². The molecule has 5 nitrogen and oxygen atoms in total. The standard InChI is InChI=1S/C23H20N4O/c1-27-22(19-11-13-24-14-12-19)15-21(26-27)16-25-23(28)20-9-7-18(8-10-20)17-5-3-2-4-6-17/h2-15H,16H2,1H3,(H,25,28). The third-order valence-corrected chi connectivity index (χ3v) is 4.59. The Bertz CT molecular complexity index is 1070. The molecular formula is C23H20N4O. The van der Waals surface area contributed by atoms with Crippen molar-refractivity contribution in [2.75, 3.05) is 0 Å². The van der Waals surface area contributed by atoms with Crippen molar-refractivity contribution in [3.63, 3.8) is 0 Å². The Balaban J connectivity index is 1.42. The molecule has 0 bridgehead atoms. The van der Waals surface area contributed by atoms with Gasteiger partial charge in [0.25, 0.3) is 5.91 Å². The molecule has 0 aliphatic rings. The van der Waals surface area contributed by atoms with Crippen molar-refractivity contribution in [1.29, 1.82) is 0 Å². The minimum absolute atomic E-state index is 0.115. The van der Waals surface area contributed by atoms with Crippen LogP contribution in [0.2, 0.25) is 0 Å². The maximum absolute atomic E-state index is 12.5. The molecule has 1 N–H and O–H groups in total. The average molecular weight is 368 g/mol. The van der Waals surface area contributed by atoms with E-state index in [0.717, 1.165) is 28.1 Å². The number of carbonyl (C=O) groups is 1. The monoisotopic (exact) mass is 368 g/mol. The molecule has 138 valence electrons. The van der Waals surface area contributed by atoms with Crippen LogP contribution in [0, 0.1) is 0 Å². The fourth-order valence-corrected chi connectivity index (χ4v) is 3.12. The van der Waals surface area contributed by atoms with Crippen LogP contribution < -0.4 is 5.32 Å². The molecule has 4 aromatic rings. The van der Waals surface area contributed by atoms with Gasteiger partial charge in [-0.25, -0.2) is 0 Å². The molecule has 1 amide bonds. The molecule has 4 rings (SSSR count). The van der Waals surface area contributed by atoms with E-state index in [4.69, 9.17) is 0 Å². The second-order valence-corrected chi connectivity index (χ2v) is 6.51. The van der Waals surface area contributed by atoms with Gasteiger partial charge in [-0.15, -0.1) is 0 Å². The zero-order chi connectivity index (χ0) is 19.3. The molecule has 2 heterocycles. The summed E-state index contributed by atoms with van der Waals surface area (Å²) in [6, 6.07) is 23.6. The summed E-state index contributed by atoms with van der Waals surface area (Å²) in [5, 5.41) is 7.43. The van der Waals surface area contributed by atoms with Gasteiger partial charge in [-0.3, -0.25) is 14.5 Å². The number of carbonyl (C=O) groups excluding carboxylic acids is 1. The van der Waals surface area contributed by atoms with Gasteiger partial charge >= 0.3 is 0 Å². The molecule has 0 spiro atoms. The summed E-state index contributed by atoms with van der Waals surface area (Å²) in [6.07, 6.45) is 3.51. The van der Waals surface area contributed by atoms with Crippen LogP contribution in [-0.2, 0) is 13.6 Å². The van der Waals surface area contributed by atoms with Gasteiger partial charge in [0, 0.05) is 30.6 Å². The number of hydrogen-bond acceptors (Lipinski definition) is 3. The summed E-state index contributed by atoms with van der Waals surface area (Å²) >= 11 is 0. The van der Waals surface area contributed by atoms with E-state index in [-0.39, 0.29) is 5.91 Å². The first-order valence-corrected chi connectivity index (χ1v) is 9.08. The van der Waals surface area contributed by atoms with Gasteiger partial charge in [0.1, 0.15) is 0 Å². The molecule has 0 saturated heterocycles. The molecule has 0 saturated carbocycles. The highest BCUT2D eigenvalue weighted by molar-refractivity contribution is 5.94. The number of aryl methyl sites for hydroxylation is 1. The van der Waals surface area contributed by atoms with Crippen molar-refractivity contribution < 1.29 is 4.79 Å². The molecule has 2 aromatic heterocycles. The third kappa shape index (κ3) is 3.83. The highest BCUT2D eigenvalue weighted by Crippen LogP contribution is 2.20. The first-order chi connectivity index (χ1) is 13.7. The molecule has 5 heteroatoms. The quantitative estimate of drug-likeness (QED) is 0.577. The number of aromatic nitrogens is 3. The molecule has 0 aliphatic carbocycles. The van der Waals surface area contributed by atoms with Gasteiger partial charge in [-0.2, -0.15) is 5.10 Å². The normalized spacial score (nSPS) is 10.6. The van der Waals surface area contributed by atoms with Crippen LogP contribution >= 0.6 is 0 Å². The Kier molecular flexibility index (Phi) is 4.97. The highest BCUT2D eigenvalue weighted by atomic mass is 16.1. The Morgan fingerprint density at radius 2 is 1.57 bits per heavy atom. The molecule has 0 fully saturated rings. The molecule has 0 atom stereocenters. The van der Waals surface area contributed by atoms with Gasteiger partial charge in [-0.1, -0.05) is 42.5 Å². The Hall–Kier alpha value is -3.73. The fourth-order valence-electron chi connectivity index (χ4n) is 3.12. The summed E-state index contributed by atoms with van der Waals surface area (Å²) in [6.45, 7) is 0.373. The fraction of sp³-hybridized carbons (Fsp3) is 0.0870. The van der Waals surface area contributed by atoms with Crippen molar-refractivity contribution >= 4 is 5.91 Å². The number of rotatable bonds is 5. The van der Waals surface area contributed by atoms with E-state index in [0.29, 0.717) is 12.1 Å². The zero-order valence-electron chi connectivity index (χ0n) is 15.5. The minimum Gasteiger partial charge on any atom is -0.346 e. The Labute approximate surface area is 163 Å². The average Bonchev–Trinajstić information content (AvgIpc) is 3.14. The smallest absolute Gasteiger partial charge is 0.251 e. The predicted octanol–water partition coefficient (Wildman–Crippen LogP) is 4.08. The lowest BCUT2D eigenvalue weighted by molar-refractivity contribution is 0.0950. The van der Waals surface area contributed by atoms with Crippen LogP contribution in [0.3, 0.4) is 0 Å². The highest BCUT2D eigenvalue weighted by Gasteiger charge is 2.10. The lowest BCUT2D eigenvalue weighted by Gasteiger charge is -2.05. The second kappa shape index (κ2) is 7.88. The number of pyridine rings is 1. The van der Waals surface area contributed by atoms with E-state index >= 15 is 0 Å². The number of nitrogens with zero attached hydrogens (tertiary/aromatic N) is 3. The summed E-state index contributed by atoms with van der Waals surface area (Å²) in [5.74, 6) is -0.115. The summed E-state index contributed by atoms with van der Waals surface area (Å²) < 4.78 is 1.81. The van der Waals surface area contributed by atoms with Crippen LogP contribution in [0.1, 0.15) is 16.1 Å². The largest absolute Gasteiger partial charge is 0.346 e. The van der Waals surface area contributed by atoms with Gasteiger partial charge in [0.15, 0.2) is 0 Å². The third-order valence-electron chi connectivity index (χ3n) is 4.59. The number of hydrogen-bond donors (Lipinski definition) is 1. The molecule has 0 radical (unpaired) electrons. The van der Waals surface area contributed by atoms with Crippen molar-refractivity contribution in [2.24, 2.45) is 7.05 Å². The molecule has 0 aliphatic heterocycles. The summed E-state index contributed by atoms with van der Waals surface area (Å²) in [7, 11) is 1.89. The van der Waals surface area contributed by atoms with E-state index in [9.17, 15) is 4.79 Å². The lowest BCUT2D eigenvalue weighted by Crippen LogP contribution is -2.23. The van der Waals surface area contributed by atoms with E-state index in [1.807, 2.05) is 72.4 Å². The van der Waals surface area contributed by atoms with Crippen LogP contribution in [0.15, 0.2) is 85.2 Å². The lowest BCUT2D eigenvalue weighted by atomic mass is 10.0. The molecular weight excluding hydrogens is 348 g/mol. The van der Waals surface area contributed by atoms with Crippen molar-refractivity contribution in [3.8, 4) is 22.4 Å².